The van der Waals surface area contributed by atoms with Crippen LogP contribution in [0.4, 0.5) is 0 Å². The Kier molecular flexibility index (Phi) is 5.24. The van der Waals surface area contributed by atoms with Gasteiger partial charge in [0.15, 0.2) is 0 Å². The zero-order chi connectivity index (χ0) is 10.6. The van der Waals surface area contributed by atoms with Crippen LogP contribution in [0.25, 0.3) is 0 Å². The fraction of sp³-hybridized carbons (Fsp3) is 0.800. The van der Waals surface area contributed by atoms with Crippen molar-refractivity contribution in [3.05, 3.63) is 10.6 Å². The van der Waals surface area contributed by atoms with Crippen LogP contribution in [-0.2, 0) is 0 Å². The van der Waals surface area contributed by atoms with Crippen LogP contribution in [0, 0.1) is 0 Å². The van der Waals surface area contributed by atoms with Gasteiger partial charge in [0, 0.05) is 23.2 Å². The lowest BCUT2D eigenvalue weighted by Gasteiger charge is -2.34. The summed E-state index contributed by atoms with van der Waals surface area (Å²) in [7, 11) is 1.97. The molecule has 0 saturated heterocycles. The maximum atomic E-state index is 9.79. The highest BCUT2D eigenvalue weighted by Gasteiger charge is 2.26. The average molecular weight is 238 g/mol. The molecule has 0 aliphatic heterocycles. The van der Waals surface area contributed by atoms with Crippen LogP contribution < -0.4 is 0 Å². The third kappa shape index (κ3) is 3.43. The van der Waals surface area contributed by atoms with Crippen LogP contribution in [0.2, 0.25) is 0 Å². The van der Waals surface area contributed by atoms with Crippen LogP contribution in [0.5, 0.6) is 0 Å². The first-order chi connectivity index (χ1) is 6.65. The summed E-state index contributed by atoms with van der Waals surface area (Å²) >= 11 is 11.3. The minimum absolute atomic E-state index is 0.214. The van der Waals surface area contributed by atoms with Crippen molar-refractivity contribution >= 4 is 23.2 Å². The minimum Gasteiger partial charge on any atom is -0.391 e. The van der Waals surface area contributed by atoms with Gasteiger partial charge < -0.3 is 5.11 Å². The van der Waals surface area contributed by atoms with Crippen LogP contribution in [0.3, 0.4) is 0 Å². The highest BCUT2D eigenvalue weighted by atomic mass is 35.5. The Hall–Kier alpha value is 0.240. The molecular formula is C10H17Cl2NO. The van der Waals surface area contributed by atoms with E-state index in [0.29, 0.717) is 11.6 Å². The van der Waals surface area contributed by atoms with Gasteiger partial charge in [0.1, 0.15) is 0 Å². The second-order valence-corrected chi connectivity index (χ2v) is 4.59. The van der Waals surface area contributed by atoms with E-state index in [2.05, 4.69) is 4.90 Å². The molecule has 2 nitrogen and oxygen atoms in total. The Morgan fingerprint density at radius 1 is 1.50 bits per heavy atom. The molecule has 1 aliphatic rings. The van der Waals surface area contributed by atoms with E-state index >= 15 is 0 Å². The third-order valence-electron chi connectivity index (χ3n) is 2.78. The molecule has 1 saturated carbocycles. The zero-order valence-electron chi connectivity index (χ0n) is 8.42. The van der Waals surface area contributed by atoms with Gasteiger partial charge >= 0.3 is 0 Å². The lowest BCUT2D eigenvalue weighted by Crippen LogP contribution is -2.43. The minimum atomic E-state index is -0.214. The monoisotopic (exact) mass is 237 g/mol. The molecule has 0 aromatic carbocycles. The van der Waals surface area contributed by atoms with Gasteiger partial charge in [-0.3, -0.25) is 4.90 Å². The molecule has 1 aliphatic carbocycles. The van der Waals surface area contributed by atoms with Crippen LogP contribution in [0.15, 0.2) is 10.6 Å². The van der Waals surface area contributed by atoms with Gasteiger partial charge in [-0.2, -0.15) is 0 Å². The summed E-state index contributed by atoms with van der Waals surface area (Å²) in [6.45, 7) is 0.618. The van der Waals surface area contributed by atoms with Crippen LogP contribution in [-0.4, -0.2) is 35.7 Å². The summed E-state index contributed by atoms with van der Waals surface area (Å²) in [6.07, 6.45) is 4.05. The fourth-order valence-corrected chi connectivity index (χ4v) is 2.25. The first-order valence-electron chi connectivity index (χ1n) is 4.98. The highest BCUT2D eigenvalue weighted by Crippen LogP contribution is 2.23. The normalized spacial score (nSPS) is 29.6. The summed E-state index contributed by atoms with van der Waals surface area (Å²) in [5.74, 6) is 0. The number of likely N-dealkylation sites (N-methyl/N-ethyl adjacent to an activating group) is 1. The smallest absolute Gasteiger partial charge is 0.0695 e. The van der Waals surface area contributed by atoms with Gasteiger partial charge in [-0.15, -0.1) is 0 Å². The Labute approximate surface area is 95.5 Å². The predicted octanol–water partition coefficient (Wildman–Crippen LogP) is 2.54. The van der Waals surface area contributed by atoms with Gasteiger partial charge in [0.2, 0.25) is 0 Å². The molecule has 0 bridgehead atoms. The zero-order valence-corrected chi connectivity index (χ0v) is 9.93. The number of rotatable bonds is 3. The van der Waals surface area contributed by atoms with E-state index in [9.17, 15) is 5.11 Å². The van der Waals surface area contributed by atoms with Gasteiger partial charge in [-0.1, -0.05) is 36.0 Å². The number of aliphatic hydroxyl groups is 1. The molecule has 1 N–H and O–H groups in total. The number of halogens is 2. The Morgan fingerprint density at radius 2 is 2.14 bits per heavy atom. The maximum absolute atomic E-state index is 9.79. The van der Waals surface area contributed by atoms with Crippen molar-refractivity contribution in [2.24, 2.45) is 0 Å². The summed E-state index contributed by atoms with van der Waals surface area (Å²) < 4.78 is 0. The Bertz CT molecular complexity index is 208. The Balaban J connectivity index is 2.45. The van der Waals surface area contributed by atoms with E-state index in [1.54, 1.807) is 0 Å². The second-order valence-electron chi connectivity index (χ2n) is 3.89. The van der Waals surface area contributed by atoms with Gasteiger partial charge in [0.05, 0.1) is 6.10 Å². The molecule has 0 amide bonds. The number of aliphatic hydroxyl groups excluding tert-OH is 1. The predicted molar refractivity (Wildman–Crippen MR) is 60.7 cm³/mol. The van der Waals surface area contributed by atoms with Crippen molar-refractivity contribution in [1.29, 1.82) is 0 Å². The maximum Gasteiger partial charge on any atom is 0.0695 e. The SMILES string of the molecule is CN(CC(Cl)=CCl)C1CCCCC1O. The van der Waals surface area contributed by atoms with Gasteiger partial charge in [0.25, 0.3) is 0 Å². The van der Waals surface area contributed by atoms with Crippen LogP contribution in [0.1, 0.15) is 25.7 Å². The fourth-order valence-electron chi connectivity index (χ4n) is 2.00. The van der Waals surface area contributed by atoms with Gasteiger partial charge in [-0.25, -0.2) is 0 Å². The molecule has 0 heterocycles. The molecule has 1 rings (SSSR count). The molecule has 82 valence electrons. The summed E-state index contributed by atoms with van der Waals surface area (Å²) in [5.41, 5.74) is 1.38. The molecule has 0 aromatic rings. The van der Waals surface area contributed by atoms with Crippen LogP contribution >= 0.6 is 23.2 Å². The first-order valence-corrected chi connectivity index (χ1v) is 5.79. The molecule has 4 heteroatoms. The number of hydrogen-bond donors (Lipinski definition) is 1. The largest absolute Gasteiger partial charge is 0.391 e. The highest BCUT2D eigenvalue weighted by molar-refractivity contribution is 6.36. The summed E-state index contributed by atoms with van der Waals surface area (Å²) in [4.78, 5) is 2.07. The third-order valence-corrected chi connectivity index (χ3v) is 3.38. The summed E-state index contributed by atoms with van der Waals surface area (Å²) in [6, 6.07) is 0.231. The van der Waals surface area contributed by atoms with E-state index < -0.39 is 0 Å². The molecule has 0 aromatic heterocycles. The van der Waals surface area contributed by atoms with Crippen molar-refractivity contribution in [3.63, 3.8) is 0 Å². The van der Waals surface area contributed by atoms with Crippen molar-refractivity contribution in [2.45, 2.75) is 37.8 Å². The first kappa shape index (κ1) is 12.3. The Morgan fingerprint density at radius 3 is 2.71 bits per heavy atom. The average Bonchev–Trinajstić information content (AvgIpc) is 2.18. The summed E-state index contributed by atoms with van der Waals surface area (Å²) in [5, 5.41) is 10.4. The molecule has 0 radical (unpaired) electrons. The van der Waals surface area contributed by atoms with E-state index in [-0.39, 0.29) is 12.1 Å². The lowest BCUT2D eigenvalue weighted by molar-refractivity contribution is 0.0369. The standard InChI is InChI=1S/C10H17Cl2NO/c1-13(7-8(12)6-11)9-4-2-3-5-10(9)14/h6,9-10,14H,2-5,7H2,1H3. The lowest BCUT2D eigenvalue weighted by atomic mass is 9.92. The number of nitrogens with zero attached hydrogens (tertiary/aromatic N) is 1. The topological polar surface area (TPSA) is 23.5 Å². The molecule has 1 fully saturated rings. The van der Waals surface area contributed by atoms with E-state index in [4.69, 9.17) is 23.2 Å². The molecule has 0 spiro atoms. The van der Waals surface area contributed by atoms with Gasteiger partial charge in [-0.05, 0) is 19.9 Å². The van der Waals surface area contributed by atoms with E-state index in [0.717, 1.165) is 19.3 Å². The number of hydrogen-bond acceptors (Lipinski definition) is 2. The molecule has 14 heavy (non-hydrogen) atoms. The molecule has 2 unspecified atom stereocenters. The van der Waals surface area contributed by atoms with E-state index in [1.165, 1.54) is 12.0 Å². The second kappa shape index (κ2) is 5.96. The van der Waals surface area contributed by atoms with Crippen molar-refractivity contribution in [2.75, 3.05) is 13.6 Å². The van der Waals surface area contributed by atoms with Crippen molar-refractivity contribution in [1.82, 2.24) is 4.90 Å². The molecular weight excluding hydrogens is 221 g/mol. The van der Waals surface area contributed by atoms with E-state index in [1.807, 2.05) is 7.05 Å². The van der Waals surface area contributed by atoms with Crippen molar-refractivity contribution in [3.8, 4) is 0 Å². The quantitative estimate of drug-likeness (QED) is 0.816. The molecule has 2 atom stereocenters. The van der Waals surface area contributed by atoms with Crippen molar-refractivity contribution < 1.29 is 5.11 Å².